The van der Waals surface area contributed by atoms with Crippen molar-refractivity contribution >= 4 is 5.96 Å². The Morgan fingerprint density at radius 2 is 2.41 bits per heavy atom. The molecular formula is C12H19N5. The normalized spacial score (nSPS) is 16.6. The van der Waals surface area contributed by atoms with Crippen molar-refractivity contribution in [3.8, 4) is 0 Å². The second kappa shape index (κ2) is 5.61. The standard InChI is InChI=1S/C12H19N5/c1-9-14-6-5-11(17-9)8-16-12(13)15-7-10-3-2-4-10/h5-6,10H,2-4,7-8H2,1H3,(H3,13,15,16). The van der Waals surface area contributed by atoms with Crippen LogP contribution in [0, 0.1) is 12.8 Å². The SMILES string of the molecule is Cc1nccc(CN=C(N)NCC2CCC2)n1. The van der Waals surface area contributed by atoms with Crippen LogP contribution in [0.3, 0.4) is 0 Å². The molecule has 0 amide bonds. The highest BCUT2D eigenvalue weighted by Gasteiger charge is 2.16. The molecule has 0 unspecified atom stereocenters. The predicted octanol–water partition coefficient (Wildman–Crippen LogP) is 0.989. The molecule has 5 heteroatoms. The van der Waals surface area contributed by atoms with Gasteiger partial charge in [0.2, 0.25) is 0 Å². The first-order chi connectivity index (χ1) is 8.24. The van der Waals surface area contributed by atoms with Crippen molar-refractivity contribution in [3.05, 3.63) is 23.8 Å². The number of hydrogen-bond donors (Lipinski definition) is 2. The topological polar surface area (TPSA) is 76.2 Å². The van der Waals surface area contributed by atoms with Crippen LogP contribution < -0.4 is 11.1 Å². The molecule has 0 spiro atoms. The zero-order chi connectivity index (χ0) is 12.1. The van der Waals surface area contributed by atoms with E-state index in [-0.39, 0.29) is 0 Å². The molecule has 0 bridgehead atoms. The van der Waals surface area contributed by atoms with Crippen LogP contribution in [0.5, 0.6) is 0 Å². The zero-order valence-corrected chi connectivity index (χ0v) is 10.2. The van der Waals surface area contributed by atoms with Crippen LogP contribution in [0.2, 0.25) is 0 Å². The number of aromatic nitrogens is 2. The lowest BCUT2D eigenvalue weighted by molar-refractivity contribution is 0.315. The Balaban J connectivity index is 1.78. The first kappa shape index (κ1) is 11.8. The molecule has 1 heterocycles. The Morgan fingerprint density at radius 1 is 1.59 bits per heavy atom. The minimum atomic E-state index is 0.507. The van der Waals surface area contributed by atoms with Crippen LogP contribution >= 0.6 is 0 Å². The lowest BCUT2D eigenvalue weighted by Gasteiger charge is -2.25. The molecule has 2 rings (SSSR count). The second-order valence-corrected chi connectivity index (χ2v) is 4.47. The molecule has 1 fully saturated rings. The molecule has 3 N–H and O–H groups in total. The number of aliphatic imine (C=N–C) groups is 1. The summed E-state index contributed by atoms with van der Waals surface area (Å²) < 4.78 is 0. The summed E-state index contributed by atoms with van der Waals surface area (Å²) >= 11 is 0. The van der Waals surface area contributed by atoms with E-state index < -0.39 is 0 Å². The van der Waals surface area contributed by atoms with Crippen molar-refractivity contribution in [2.24, 2.45) is 16.6 Å². The van der Waals surface area contributed by atoms with Gasteiger partial charge in [0.05, 0.1) is 12.2 Å². The van der Waals surface area contributed by atoms with Gasteiger partial charge in [0.25, 0.3) is 0 Å². The molecule has 17 heavy (non-hydrogen) atoms. The molecule has 1 aromatic heterocycles. The molecule has 0 saturated heterocycles. The number of hydrogen-bond acceptors (Lipinski definition) is 3. The Morgan fingerprint density at radius 3 is 3.06 bits per heavy atom. The van der Waals surface area contributed by atoms with E-state index in [9.17, 15) is 0 Å². The predicted molar refractivity (Wildman–Crippen MR) is 67.4 cm³/mol. The minimum Gasteiger partial charge on any atom is -0.370 e. The van der Waals surface area contributed by atoms with Crippen molar-refractivity contribution in [1.29, 1.82) is 0 Å². The Labute approximate surface area is 102 Å². The van der Waals surface area contributed by atoms with Crippen LogP contribution in [0.25, 0.3) is 0 Å². The Hall–Kier alpha value is -1.65. The van der Waals surface area contributed by atoms with Gasteiger partial charge in [0.15, 0.2) is 5.96 Å². The van der Waals surface area contributed by atoms with Gasteiger partial charge in [0, 0.05) is 12.7 Å². The molecule has 1 aliphatic carbocycles. The van der Waals surface area contributed by atoms with E-state index >= 15 is 0 Å². The summed E-state index contributed by atoms with van der Waals surface area (Å²) in [6, 6.07) is 1.86. The summed E-state index contributed by atoms with van der Waals surface area (Å²) in [5.74, 6) is 2.05. The van der Waals surface area contributed by atoms with E-state index in [0.29, 0.717) is 12.5 Å². The number of aryl methyl sites for hydroxylation is 1. The fraction of sp³-hybridized carbons (Fsp3) is 0.583. The molecule has 5 nitrogen and oxygen atoms in total. The summed E-state index contributed by atoms with van der Waals surface area (Å²) in [5, 5.41) is 3.15. The molecular weight excluding hydrogens is 214 g/mol. The summed E-state index contributed by atoms with van der Waals surface area (Å²) in [6.07, 6.45) is 5.71. The van der Waals surface area contributed by atoms with Gasteiger partial charge in [-0.1, -0.05) is 6.42 Å². The second-order valence-electron chi connectivity index (χ2n) is 4.47. The van der Waals surface area contributed by atoms with E-state index in [4.69, 9.17) is 5.73 Å². The molecule has 0 aromatic carbocycles. The van der Waals surface area contributed by atoms with Crippen LogP contribution in [0.15, 0.2) is 17.3 Å². The van der Waals surface area contributed by atoms with E-state index in [1.54, 1.807) is 6.20 Å². The minimum absolute atomic E-state index is 0.507. The summed E-state index contributed by atoms with van der Waals surface area (Å²) in [6.45, 7) is 3.32. The molecule has 0 atom stereocenters. The average Bonchev–Trinajstić information content (AvgIpc) is 2.24. The largest absolute Gasteiger partial charge is 0.370 e. The highest BCUT2D eigenvalue weighted by Crippen LogP contribution is 2.24. The average molecular weight is 233 g/mol. The fourth-order valence-electron chi connectivity index (χ4n) is 1.76. The summed E-state index contributed by atoms with van der Waals surface area (Å²) in [4.78, 5) is 12.6. The van der Waals surface area contributed by atoms with E-state index in [1.165, 1.54) is 19.3 Å². The van der Waals surface area contributed by atoms with E-state index in [1.807, 2.05) is 13.0 Å². The van der Waals surface area contributed by atoms with Crippen molar-refractivity contribution in [3.63, 3.8) is 0 Å². The molecule has 1 aromatic rings. The lowest BCUT2D eigenvalue weighted by Crippen LogP contribution is -2.37. The van der Waals surface area contributed by atoms with Gasteiger partial charge in [-0.05, 0) is 31.7 Å². The molecule has 1 saturated carbocycles. The van der Waals surface area contributed by atoms with Crippen molar-refractivity contribution in [2.45, 2.75) is 32.7 Å². The maximum absolute atomic E-state index is 5.78. The van der Waals surface area contributed by atoms with Gasteiger partial charge < -0.3 is 11.1 Å². The zero-order valence-electron chi connectivity index (χ0n) is 10.2. The molecule has 0 aliphatic heterocycles. The van der Waals surface area contributed by atoms with E-state index in [2.05, 4.69) is 20.3 Å². The Kier molecular flexibility index (Phi) is 3.90. The van der Waals surface area contributed by atoms with Crippen molar-refractivity contribution < 1.29 is 0 Å². The molecule has 1 aliphatic rings. The van der Waals surface area contributed by atoms with Crippen LogP contribution in [-0.2, 0) is 6.54 Å². The quantitative estimate of drug-likeness (QED) is 0.600. The smallest absolute Gasteiger partial charge is 0.188 e. The number of nitrogens with two attached hydrogens (primary N) is 1. The lowest BCUT2D eigenvalue weighted by atomic mass is 9.85. The molecule has 0 radical (unpaired) electrons. The van der Waals surface area contributed by atoms with Crippen LogP contribution in [0.4, 0.5) is 0 Å². The van der Waals surface area contributed by atoms with Gasteiger partial charge in [-0.25, -0.2) is 15.0 Å². The third-order valence-electron chi connectivity index (χ3n) is 3.04. The number of rotatable bonds is 4. The van der Waals surface area contributed by atoms with Crippen molar-refractivity contribution in [1.82, 2.24) is 15.3 Å². The van der Waals surface area contributed by atoms with Gasteiger partial charge in [-0.2, -0.15) is 0 Å². The number of nitrogens with zero attached hydrogens (tertiary/aromatic N) is 3. The van der Waals surface area contributed by atoms with Crippen LogP contribution in [-0.4, -0.2) is 22.5 Å². The first-order valence-electron chi connectivity index (χ1n) is 6.06. The maximum Gasteiger partial charge on any atom is 0.188 e. The van der Waals surface area contributed by atoms with Gasteiger partial charge in [-0.3, -0.25) is 0 Å². The highest BCUT2D eigenvalue weighted by atomic mass is 15.1. The fourth-order valence-corrected chi connectivity index (χ4v) is 1.76. The van der Waals surface area contributed by atoms with Gasteiger partial charge in [-0.15, -0.1) is 0 Å². The number of nitrogens with one attached hydrogen (secondary N) is 1. The monoisotopic (exact) mass is 233 g/mol. The highest BCUT2D eigenvalue weighted by molar-refractivity contribution is 5.77. The third-order valence-corrected chi connectivity index (χ3v) is 3.04. The van der Waals surface area contributed by atoms with Crippen molar-refractivity contribution in [2.75, 3.05) is 6.54 Å². The summed E-state index contributed by atoms with van der Waals surface area (Å²) in [7, 11) is 0. The van der Waals surface area contributed by atoms with E-state index in [0.717, 1.165) is 24.0 Å². The van der Waals surface area contributed by atoms with Gasteiger partial charge in [0.1, 0.15) is 5.82 Å². The van der Waals surface area contributed by atoms with Crippen LogP contribution in [0.1, 0.15) is 30.8 Å². The Bertz CT molecular complexity index is 398. The maximum atomic E-state index is 5.78. The summed E-state index contributed by atoms with van der Waals surface area (Å²) in [5.41, 5.74) is 6.68. The number of guanidine groups is 1. The third kappa shape index (κ3) is 3.69. The molecule has 92 valence electrons. The van der Waals surface area contributed by atoms with Gasteiger partial charge >= 0.3 is 0 Å². The first-order valence-corrected chi connectivity index (χ1v) is 6.06.